The Morgan fingerprint density at radius 1 is 1.50 bits per heavy atom. The largest absolute Gasteiger partial charge is 0.493 e. The van der Waals surface area contributed by atoms with Crippen molar-refractivity contribution in [3.63, 3.8) is 0 Å². The van der Waals surface area contributed by atoms with Gasteiger partial charge >= 0.3 is 0 Å². The number of rotatable bonds is 4. The molecule has 0 N–H and O–H groups in total. The van der Waals surface area contributed by atoms with Gasteiger partial charge in [-0.2, -0.15) is 0 Å². The van der Waals surface area contributed by atoms with Gasteiger partial charge in [-0.1, -0.05) is 15.9 Å². The van der Waals surface area contributed by atoms with Crippen molar-refractivity contribution in [3.05, 3.63) is 29.8 Å². The van der Waals surface area contributed by atoms with Gasteiger partial charge in [0.2, 0.25) is 0 Å². The Balaban J connectivity index is 2.84. The van der Waals surface area contributed by atoms with E-state index in [9.17, 15) is 4.79 Å². The van der Waals surface area contributed by atoms with Gasteiger partial charge in [-0.3, -0.25) is 4.79 Å². The fourth-order valence-corrected chi connectivity index (χ4v) is 0.774. The van der Waals surface area contributed by atoms with Gasteiger partial charge < -0.3 is 4.74 Å². The zero-order valence-electron chi connectivity index (χ0n) is 10.1. The van der Waals surface area contributed by atoms with Crippen LogP contribution in [0.1, 0.15) is 15.8 Å². The highest BCUT2D eigenvalue weighted by Crippen LogP contribution is 2.10. The molecule has 0 saturated heterocycles. The summed E-state index contributed by atoms with van der Waals surface area (Å²) in [7, 11) is 0. The van der Waals surface area contributed by atoms with Gasteiger partial charge in [0, 0.05) is 13.6 Å². The van der Waals surface area contributed by atoms with E-state index in [0.717, 1.165) is 0 Å². The monoisotopic (exact) mass is 232 g/mol. The molecule has 0 aliphatic rings. The third kappa shape index (κ3) is 2.66. The maximum absolute atomic E-state index is 10.4. The fraction of sp³-hybridized carbons (Fsp3) is 0.222. The van der Waals surface area contributed by atoms with Crippen molar-refractivity contribution < 1.29 is 15.0 Å². The molecule has 64 valence electrons. The minimum atomic E-state index is -2.50. The molecule has 1 rings (SSSR count). The van der Waals surface area contributed by atoms with Crippen molar-refractivity contribution in [2.75, 3.05) is 11.8 Å². The first-order chi connectivity index (χ1) is 7.26. The third-order valence-corrected chi connectivity index (χ3v) is 1.39. The van der Waals surface area contributed by atoms with Gasteiger partial charge in [0.1, 0.15) is 12.0 Å². The lowest BCUT2D eigenvalue weighted by atomic mass is 10.2. The molecular weight excluding hydrogens is 220 g/mol. The van der Waals surface area contributed by atoms with E-state index in [4.69, 9.17) is 10.2 Å². The maximum atomic E-state index is 10.4. The lowest BCUT2D eigenvalue weighted by Gasteiger charge is -2.02. The molecule has 0 aliphatic carbocycles. The van der Waals surface area contributed by atoms with E-state index in [1.54, 1.807) is 0 Å². The molecule has 0 spiro atoms. The van der Waals surface area contributed by atoms with E-state index in [0.29, 0.717) is 11.8 Å². The first-order valence-electron chi connectivity index (χ1n) is 5.19. The fourth-order valence-electron chi connectivity index (χ4n) is 0.693. The second-order valence-electron chi connectivity index (χ2n) is 1.99. The summed E-state index contributed by atoms with van der Waals surface area (Å²) in [6.07, 6.45) is 0.655. The standard InChI is InChI=1S/C9H9BrO2/c10-5-6-12-9-3-1-8(7-11)2-4-9/h1-4,7H,5-6H2/i5D2,6D2. The first kappa shape index (κ1) is 5.02. The van der Waals surface area contributed by atoms with Crippen LogP contribution >= 0.6 is 15.9 Å². The molecule has 12 heavy (non-hydrogen) atoms. The van der Waals surface area contributed by atoms with Crippen LogP contribution in [0.25, 0.3) is 0 Å². The topological polar surface area (TPSA) is 26.3 Å². The summed E-state index contributed by atoms with van der Waals surface area (Å²) in [4.78, 5) is 10.4. The average molecular weight is 233 g/mol. The molecule has 0 atom stereocenters. The first-order valence-corrected chi connectivity index (χ1v) is 3.99. The average Bonchev–Trinajstić information content (AvgIpc) is 2.16. The maximum Gasteiger partial charge on any atom is 0.150 e. The molecule has 2 nitrogen and oxygen atoms in total. The van der Waals surface area contributed by atoms with Crippen LogP contribution in [0.2, 0.25) is 0 Å². The van der Waals surface area contributed by atoms with Crippen LogP contribution < -0.4 is 4.74 Å². The van der Waals surface area contributed by atoms with Gasteiger partial charge in [0.15, 0.2) is 0 Å². The summed E-state index contributed by atoms with van der Waals surface area (Å²) < 4.78 is 34.0. The predicted octanol–water partition coefficient (Wildman–Crippen LogP) is 2.27. The lowest BCUT2D eigenvalue weighted by Crippen LogP contribution is -1.97. The van der Waals surface area contributed by atoms with E-state index in [1.165, 1.54) is 24.3 Å². The summed E-state index contributed by atoms with van der Waals surface area (Å²) in [6, 6.07) is 5.73. The highest BCUT2D eigenvalue weighted by Gasteiger charge is 1.92. The van der Waals surface area contributed by atoms with Crippen molar-refractivity contribution in [1.29, 1.82) is 0 Å². The van der Waals surface area contributed by atoms with Crippen LogP contribution in [-0.4, -0.2) is 18.1 Å². The van der Waals surface area contributed by atoms with Crippen LogP contribution in [0, 0.1) is 0 Å². The Bertz CT molecular complexity index is 372. The Labute approximate surface area is 85.3 Å². The van der Waals surface area contributed by atoms with Crippen molar-refractivity contribution in [2.45, 2.75) is 0 Å². The van der Waals surface area contributed by atoms with Crippen LogP contribution in [0.3, 0.4) is 0 Å². The molecular formula is C9H9BrO2. The summed E-state index contributed by atoms with van der Waals surface area (Å²) >= 11 is 2.56. The molecule has 0 radical (unpaired) electrons. The highest BCUT2D eigenvalue weighted by atomic mass is 79.9. The number of carbonyl (C=O) groups is 1. The molecule has 0 unspecified atom stereocenters. The van der Waals surface area contributed by atoms with E-state index in [-0.39, 0.29) is 5.75 Å². The molecule has 1 aromatic carbocycles. The second kappa shape index (κ2) is 4.93. The predicted molar refractivity (Wildman–Crippen MR) is 51.1 cm³/mol. The van der Waals surface area contributed by atoms with Crippen LogP contribution in [0.4, 0.5) is 0 Å². The molecule has 0 heterocycles. The minimum Gasteiger partial charge on any atom is -0.493 e. The van der Waals surface area contributed by atoms with Gasteiger partial charge in [-0.25, -0.2) is 0 Å². The van der Waals surface area contributed by atoms with E-state index >= 15 is 0 Å². The number of aldehydes is 1. The molecule has 0 bridgehead atoms. The molecule has 3 heteroatoms. The molecule has 0 aliphatic heterocycles. The minimum absolute atomic E-state index is 0.152. The number of benzene rings is 1. The zero-order chi connectivity index (χ0) is 12.4. The van der Waals surface area contributed by atoms with E-state index in [1.807, 2.05) is 0 Å². The smallest absolute Gasteiger partial charge is 0.150 e. The van der Waals surface area contributed by atoms with E-state index in [2.05, 4.69) is 15.9 Å². The molecule has 0 saturated carbocycles. The molecule has 0 amide bonds. The Kier molecular flexibility index (Phi) is 2.06. The number of alkyl halides is 1. The van der Waals surface area contributed by atoms with E-state index < -0.39 is 11.8 Å². The Morgan fingerprint density at radius 3 is 2.67 bits per heavy atom. The van der Waals surface area contributed by atoms with Crippen molar-refractivity contribution in [1.82, 2.24) is 0 Å². The van der Waals surface area contributed by atoms with Crippen LogP contribution in [0.5, 0.6) is 5.75 Å². The van der Waals surface area contributed by atoms with Crippen LogP contribution in [-0.2, 0) is 0 Å². The summed E-state index contributed by atoms with van der Waals surface area (Å²) in [5, 5.41) is -2.30. The second-order valence-corrected chi connectivity index (χ2v) is 2.38. The molecule has 1 aromatic rings. The zero-order valence-corrected chi connectivity index (χ0v) is 7.67. The number of hydrogen-bond donors (Lipinski definition) is 0. The van der Waals surface area contributed by atoms with Crippen molar-refractivity contribution in [3.8, 4) is 5.75 Å². The highest BCUT2D eigenvalue weighted by molar-refractivity contribution is 9.09. The van der Waals surface area contributed by atoms with Gasteiger partial charge in [0.05, 0.1) is 9.30 Å². The van der Waals surface area contributed by atoms with Crippen molar-refractivity contribution >= 4 is 22.2 Å². The SMILES string of the molecule is [2H]C([2H])(Br)C([2H])([2H])Oc1ccc(C=O)cc1. The van der Waals surface area contributed by atoms with Crippen LogP contribution in [0.15, 0.2) is 24.3 Å². The number of halogens is 1. The third-order valence-electron chi connectivity index (χ3n) is 1.22. The summed E-state index contributed by atoms with van der Waals surface area (Å²) in [5.74, 6) is 0.152. The van der Waals surface area contributed by atoms with Gasteiger partial charge in [-0.15, -0.1) is 0 Å². The summed E-state index contributed by atoms with van der Waals surface area (Å²) in [5.41, 5.74) is 0.440. The quantitative estimate of drug-likeness (QED) is 0.589. The molecule has 0 fully saturated rings. The normalized spacial score (nSPS) is 16.8. The lowest BCUT2D eigenvalue weighted by molar-refractivity contribution is 0.112. The van der Waals surface area contributed by atoms with Gasteiger partial charge in [-0.05, 0) is 24.3 Å². The number of hydrogen-bond acceptors (Lipinski definition) is 2. The number of ether oxygens (including phenoxy) is 1. The Morgan fingerprint density at radius 2 is 2.17 bits per heavy atom. The molecule has 0 aromatic heterocycles. The van der Waals surface area contributed by atoms with Gasteiger partial charge in [0.25, 0.3) is 0 Å². The summed E-state index contributed by atoms with van der Waals surface area (Å²) in [6.45, 7) is -2.50. The van der Waals surface area contributed by atoms with Crippen molar-refractivity contribution in [2.24, 2.45) is 0 Å². The number of carbonyl (C=O) groups excluding carboxylic acids is 1. The Hall–Kier alpha value is -0.830.